The molecule has 5 heteroatoms. The molecule has 0 saturated heterocycles. The van der Waals surface area contributed by atoms with Crippen LogP contribution in [0.15, 0.2) is 24.3 Å². The second kappa shape index (κ2) is 3.76. The molecule has 0 aliphatic heterocycles. The first-order valence-corrected chi connectivity index (χ1v) is 4.70. The lowest BCUT2D eigenvalue weighted by atomic mass is 9.99. The molecule has 0 radical (unpaired) electrons. The molecule has 0 aliphatic carbocycles. The Bertz CT molecular complexity index is 377. The van der Waals surface area contributed by atoms with Gasteiger partial charge in [0.2, 0.25) is 0 Å². The average Bonchev–Trinajstić information content (AvgIpc) is 2.17. The molecule has 1 aromatic rings. The molecule has 0 bridgehead atoms. The Morgan fingerprint density at radius 3 is 2.43 bits per heavy atom. The standard InChI is InChI=1S/C9H9O4P/c1-9(14-13,8(11)12)6-4-2-3-5-7(6)10/h2-5,10H,1H3,(H,11,12). The summed E-state index contributed by atoms with van der Waals surface area (Å²) in [6.45, 7) is 1.29. The fourth-order valence-electron chi connectivity index (χ4n) is 1.09. The van der Waals surface area contributed by atoms with E-state index in [0.717, 1.165) is 0 Å². The number of benzene rings is 1. The molecular formula is C9H9O4P. The number of carboxylic acids is 1. The van der Waals surface area contributed by atoms with Crippen molar-refractivity contribution in [2.24, 2.45) is 0 Å². The Balaban J connectivity index is 3.33. The van der Waals surface area contributed by atoms with Gasteiger partial charge in [-0.05, 0) is 13.0 Å². The van der Waals surface area contributed by atoms with E-state index >= 15 is 0 Å². The van der Waals surface area contributed by atoms with Crippen LogP contribution in [0.5, 0.6) is 5.75 Å². The van der Waals surface area contributed by atoms with E-state index in [0.29, 0.717) is 0 Å². The Hall–Kier alpha value is -1.41. The van der Waals surface area contributed by atoms with Gasteiger partial charge < -0.3 is 10.2 Å². The SMILES string of the molecule is CC(P=O)(C(=O)O)c1ccccc1O. The van der Waals surface area contributed by atoms with E-state index in [1.54, 1.807) is 12.1 Å². The number of carboxylic acid groups (broad SMARTS) is 1. The molecule has 1 aromatic carbocycles. The van der Waals surface area contributed by atoms with Gasteiger partial charge >= 0.3 is 5.97 Å². The van der Waals surface area contributed by atoms with Crippen LogP contribution in [0.1, 0.15) is 12.5 Å². The van der Waals surface area contributed by atoms with Gasteiger partial charge in [0.1, 0.15) is 5.75 Å². The Kier molecular flexibility index (Phi) is 2.87. The van der Waals surface area contributed by atoms with Crippen molar-refractivity contribution in [3.63, 3.8) is 0 Å². The van der Waals surface area contributed by atoms with Crippen molar-refractivity contribution in [1.29, 1.82) is 0 Å². The summed E-state index contributed by atoms with van der Waals surface area (Å²) in [6.07, 6.45) is 0. The summed E-state index contributed by atoms with van der Waals surface area (Å²) >= 11 is 0. The maximum atomic E-state index is 10.9. The van der Waals surface area contributed by atoms with Crippen LogP contribution in [-0.2, 0) is 14.5 Å². The third kappa shape index (κ3) is 1.61. The minimum Gasteiger partial charge on any atom is -0.508 e. The zero-order valence-corrected chi connectivity index (χ0v) is 8.36. The zero-order valence-electron chi connectivity index (χ0n) is 7.47. The molecule has 2 N–H and O–H groups in total. The molecule has 1 atom stereocenters. The smallest absolute Gasteiger partial charge is 0.325 e. The predicted octanol–water partition coefficient (Wildman–Crippen LogP) is 1.98. The van der Waals surface area contributed by atoms with Gasteiger partial charge in [-0.3, -0.25) is 9.36 Å². The van der Waals surface area contributed by atoms with Crippen molar-refractivity contribution in [3.05, 3.63) is 29.8 Å². The molecule has 0 spiro atoms. The summed E-state index contributed by atoms with van der Waals surface area (Å²) in [6, 6.07) is 5.96. The van der Waals surface area contributed by atoms with E-state index in [4.69, 9.17) is 5.11 Å². The van der Waals surface area contributed by atoms with E-state index < -0.39 is 19.6 Å². The Labute approximate surface area is 82.4 Å². The van der Waals surface area contributed by atoms with Crippen LogP contribution in [-0.4, -0.2) is 16.2 Å². The summed E-state index contributed by atoms with van der Waals surface area (Å²) in [5, 5.41) is 16.7. The van der Waals surface area contributed by atoms with Crippen molar-refractivity contribution >= 4 is 14.4 Å². The van der Waals surface area contributed by atoms with Crippen LogP contribution in [0.25, 0.3) is 0 Å². The molecular weight excluding hydrogens is 203 g/mol. The molecule has 4 nitrogen and oxygen atoms in total. The second-order valence-electron chi connectivity index (χ2n) is 2.99. The zero-order chi connectivity index (χ0) is 10.8. The van der Waals surface area contributed by atoms with E-state index in [-0.39, 0.29) is 11.3 Å². The van der Waals surface area contributed by atoms with Crippen LogP contribution >= 0.6 is 8.46 Å². The number of aromatic hydroxyl groups is 1. The lowest BCUT2D eigenvalue weighted by Crippen LogP contribution is -2.25. The number of phenolic OH excluding ortho intramolecular Hbond substituents is 1. The highest BCUT2D eigenvalue weighted by molar-refractivity contribution is 7.27. The summed E-state index contributed by atoms with van der Waals surface area (Å²) in [5.41, 5.74) is 0.143. The molecule has 0 heterocycles. The predicted molar refractivity (Wildman–Crippen MR) is 50.7 cm³/mol. The fourth-order valence-corrected chi connectivity index (χ4v) is 1.45. The lowest BCUT2D eigenvalue weighted by molar-refractivity contribution is -0.139. The number of aliphatic carboxylic acids is 1. The fraction of sp³-hybridized carbons (Fsp3) is 0.222. The number of rotatable bonds is 3. The molecule has 14 heavy (non-hydrogen) atoms. The number of para-hydroxylation sites is 1. The molecule has 0 fully saturated rings. The normalized spacial score (nSPS) is 14.9. The van der Waals surface area contributed by atoms with Gasteiger partial charge in [0.25, 0.3) is 0 Å². The minimum atomic E-state index is -1.59. The number of hydrogen-bond donors (Lipinski definition) is 2. The lowest BCUT2D eigenvalue weighted by Gasteiger charge is -2.17. The number of carbonyl (C=O) groups is 1. The first kappa shape index (κ1) is 10.7. The van der Waals surface area contributed by atoms with Crippen LogP contribution in [0.3, 0.4) is 0 Å². The molecule has 0 aromatic heterocycles. The van der Waals surface area contributed by atoms with Gasteiger partial charge in [0.05, 0.1) is 0 Å². The van der Waals surface area contributed by atoms with Gasteiger partial charge in [-0.2, -0.15) is 0 Å². The molecule has 0 amide bonds. The van der Waals surface area contributed by atoms with Crippen molar-refractivity contribution in [3.8, 4) is 5.75 Å². The second-order valence-corrected chi connectivity index (χ2v) is 4.06. The van der Waals surface area contributed by atoms with Crippen LogP contribution in [0, 0.1) is 0 Å². The van der Waals surface area contributed by atoms with Crippen LogP contribution in [0.2, 0.25) is 0 Å². The highest BCUT2D eigenvalue weighted by Gasteiger charge is 2.38. The minimum absolute atomic E-state index is 0.143. The molecule has 1 unspecified atom stereocenters. The van der Waals surface area contributed by atoms with E-state index in [2.05, 4.69) is 0 Å². The quantitative estimate of drug-likeness (QED) is 0.751. The first-order valence-electron chi connectivity index (χ1n) is 3.88. The third-order valence-electron chi connectivity index (χ3n) is 2.03. The van der Waals surface area contributed by atoms with Gasteiger partial charge in [-0.15, -0.1) is 0 Å². The molecule has 0 aliphatic rings. The van der Waals surface area contributed by atoms with Gasteiger partial charge in [-0.25, -0.2) is 0 Å². The summed E-state index contributed by atoms with van der Waals surface area (Å²) in [7, 11) is -0.558. The van der Waals surface area contributed by atoms with Crippen molar-refractivity contribution in [2.75, 3.05) is 0 Å². The summed E-state index contributed by atoms with van der Waals surface area (Å²) < 4.78 is 10.8. The van der Waals surface area contributed by atoms with Crippen LogP contribution in [0.4, 0.5) is 0 Å². The van der Waals surface area contributed by atoms with Crippen LogP contribution < -0.4 is 0 Å². The molecule has 74 valence electrons. The number of hydrogen-bond acceptors (Lipinski definition) is 3. The van der Waals surface area contributed by atoms with E-state index in [9.17, 15) is 14.5 Å². The molecule has 0 saturated carbocycles. The topological polar surface area (TPSA) is 74.6 Å². The van der Waals surface area contributed by atoms with Gasteiger partial charge in [0, 0.05) is 5.56 Å². The third-order valence-corrected chi connectivity index (χ3v) is 2.82. The highest BCUT2D eigenvalue weighted by Crippen LogP contribution is 2.39. The highest BCUT2D eigenvalue weighted by atomic mass is 31.1. The Morgan fingerprint density at radius 1 is 1.43 bits per heavy atom. The molecule has 1 rings (SSSR count). The van der Waals surface area contributed by atoms with E-state index in [1.165, 1.54) is 19.1 Å². The number of phenols is 1. The Morgan fingerprint density at radius 2 is 2.00 bits per heavy atom. The summed E-state index contributed by atoms with van der Waals surface area (Å²) in [5.74, 6) is -1.41. The monoisotopic (exact) mass is 212 g/mol. The van der Waals surface area contributed by atoms with Crippen molar-refractivity contribution in [2.45, 2.75) is 12.1 Å². The van der Waals surface area contributed by atoms with Crippen molar-refractivity contribution in [1.82, 2.24) is 0 Å². The van der Waals surface area contributed by atoms with Gasteiger partial charge in [0.15, 0.2) is 13.6 Å². The maximum Gasteiger partial charge on any atom is 0.325 e. The largest absolute Gasteiger partial charge is 0.508 e. The first-order chi connectivity index (χ1) is 6.52. The summed E-state index contributed by atoms with van der Waals surface area (Å²) in [4.78, 5) is 10.9. The average molecular weight is 212 g/mol. The maximum absolute atomic E-state index is 10.9. The van der Waals surface area contributed by atoms with E-state index in [1.807, 2.05) is 0 Å². The van der Waals surface area contributed by atoms with Gasteiger partial charge in [-0.1, -0.05) is 18.2 Å². The van der Waals surface area contributed by atoms with Crippen molar-refractivity contribution < 1.29 is 19.6 Å².